The van der Waals surface area contributed by atoms with E-state index in [1.54, 1.807) is 12.1 Å². The van der Waals surface area contributed by atoms with Gasteiger partial charge >= 0.3 is 5.97 Å². The van der Waals surface area contributed by atoms with Crippen LogP contribution in [0.15, 0.2) is 12.1 Å². The van der Waals surface area contributed by atoms with E-state index in [-0.39, 0.29) is 0 Å². The molecule has 1 amide bonds. The van der Waals surface area contributed by atoms with E-state index in [0.717, 1.165) is 24.0 Å². The highest BCUT2D eigenvalue weighted by atomic mass is 35.5. The lowest BCUT2D eigenvalue weighted by atomic mass is 10.0. The molecule has 1 saturated carbocycles. The molecule has 1 fully saturated rings. The van der Waals surface area contributed by atoms with Gasteiger partial charge in [-0.1, -0.05) is 24.4 Å². The average molecular weight is 296 g/mol. The number of carbonyl (C=O) groups excluding carboxylic acids is 1. The molecule has 0 radical (unpaired) electrons. The van der Waals surface area contributed by atoms with Gasteiger partial charge in [0.25, 0.3) is 5.91 Å². The maximum atomic E-state index is 12.2. The van der Waals surface area contributed by atoms with Crippen molar-refractivity contribution in [3.05, 3.63) is 33.8 Å². The third-order valence-electron chi connectivity index (χ3n) is 3.70. The van der Waals surface area contributed by atoms with Crippen molar-refractivity contribution in [1.29, 1.82) is 0 Å². The van der Waals surface area contributed by atoms with E-state index < -0.39 is 17.9 Å². The summed E-state index contributed by atoms with van der Waals surface area (Å²) in [6.45, 7) is 3.80. The first-order valence-electron chi connectivity index (χ1n) is 6.69. The number of amides is 1. The van der Waals surface area contributed by atoms with Crippen LogP contribution in [-0.2, 0) is 4.79 Å². The van der Waals surface area contributed by atoms with Crippen molar-refractivity contribution in [1.82, 2.24) is 5.32 Å². The number of carboxylic acid groups (broad SMARTS) is 1. The van der Waals surface area contributed by atoms with Crippen LogP contribution in [0.4, 0.5) is 0 Å². The monoisotopic (exact) mass is 295 g/mol. The molecule has 5 heteroatoms. The van der Waals surface area contributed by atoms with Gasteiger partial charge in [-0.25, -0.2) is 4.79 Å². The minimum atomic E-state index is -0.995. The smallest absolute Gasteiger partial charge is 0.326 e. The van der Waals surface area contributed by atoms with E-state index in [1.165, 1.54) is 0 Å². The van der Waals surface area contributed by atoms with Gasteiger partial charge in [-0.05, 0) is 49.4 Å². The summed E-state index contributed by atoms with van der Waals surface area (Å²) in [5.41, 5.74) is 2.28. The van der Waals surface area contributed by atoms with Crippen LogP contribution >= 0.6 is 11.6 Å². The standard InChI is InChI=1S/C15H18ClNO3/c1-8-5-11(12(16)6-9(8)2)14(18)17-13(15(19)20)7-10-3-4-10/h5-6,10,13H,3-4,7H2,1-2H3,(H,17,18)(H,19,20). The van der Waals surface area contributed by atoms with E-state index in [9.17, 15) is 9.59 Å². The van der Waals surface area contributed by atoms with Crippen LogP contribution in [0.25, 0.3) is 0 Å². The topological polar surface area (TPSA) is 66.4 Å². The SMILES string of the molecule is Cc1cc(Cl)c(C(=O)NC(CC2CC2)C(=O)O)cc1C. The zero-order valence-electron chi connectivity index (χ0n) is 11.6. The lowest BCUT2D eigenvalue weighted by molar-refractivity contribution is -0.139. The first-order valence-corrected chi connectivity index (χ1v) is 7.06. The molecule has 1 aromatic carbocycles. The van der Waals surface area contributed by atoms with Crippen molar-refractivity contribution in [2.45, 2.75) is 39.2 Å². The normalized spacial score (nSPS) is 15.8. The number of carbonyl (C=O) groups is 2. The van der Waals surface area contributed by atoms with Gasteiger partial charge in [-0.3, -0.25) is 4.79 Å². The maximum absolute atomic E-state index is 12.2. The van der Waals surface area contributed by atoms with Gasteiger partial charge < -0.3 is 10.4 Å². The Labute approximate surface area is 123 Å². The Morgan fingerprint density at radius 2 is 1.95 bits per heavy atom. The molecular formula is C15H18ClNO3. The third-order valence-corrected chi connectivity index (χ3v) is 4.01. The molecule has 1 unspecified atom stereocenters. The van der Waals surface area contributed by atoms with Gasteiger partial charge in [0.15, 0.2) is 0 Å². The fraction of sp³-hybridized carbons (Fsp3) is 0.467. The van der Waals surface area contributed by atoms with Crippen molar-refractivity contribution >= 4 is 23.5 Å². The van der Waals surface area contributed by atoms with Gasteiger partial charge in [0.1, 0.15) is 6.04 Å². The van der Waals surface area contributed by atoms with Crippen LogP contribution < -0.4 is 5.32 Å². The molecule has 0 heterocycles. The number of aryl methyl sites for hydroxylation is 2. The Kier molecular flexibility index (Phi) is 4.33. The van der Waals surface area contributed by atoms with Crippen molar-refractivity contribution in [3.63, 3.8) is 0 Å². The summed E-state index contributed by atoms with van der Waals surface area (Å²) in [6.07, 6.45) is 2.58. The quantitative estimate of drug-likeness (QED) is 0.877. The Morgan fingerprint density at radius 3 is 2.50 bits per heavy atom. The lowest BCUT2D eigenvalue weighted by Gasteiger charge is -2.15. The van der Waals surface area contributed by atoms with Gasteiger partial charge in [0, 0.05) is 0 Å². The number of rotatable bonds is 5. The maximum Gasteiger partial charge on any atom is 0.326 e. The van der Waals surface area contributed by atoms with E-state index in [1.807, 2.05) is 13.8 Å². The molecule has 1 aromatic rings. The highest BCUT2D eigenvalue weighted by Gasteiger charge is 2.30. The summed E-state index contributed by atoms with van der Waals surface area (Å²) in [4.78, 5) is 23.4. The van der Waals surface area contributed by atoms with Crippen LogP contribution in [0.3, 0.4) is 0 Å². The molecule has 2 N–H and O–H groups in total. The van der Waals surface area contributed by atoms with Crippen molar-refractivity contribution < 1.29 is 14.7 Å². The Bertz CT molecular complexity index is 552. The highest BCUT2D eigenvalue weighted by molar-refractivity contribution is 6.34. The first-order chi connectivity index (χ1) is 9.38. The second-order valence-electron chi connectivity index (χ2n) is 5.46. The minimum absolute atomic E-state index is 0.330. The third kappa shape index (κ3) is 3.51. The molecule has 0 aromatic heterocycles. The predicted octanol–water partition coefficient (Wildman–Crippen LogP) is 2.94. The molecule has 0 saturated heterocycles. The Balaban J connectivity index is 2.13. The molecule has 108 valence electrons. The summed E-state index contributed by atoms with van der Waals surface area (Å²) in [7, 11) is 0. The summed E-state index contributed by atoms with van der Waals surface area (Å²) < 4.78 is 0. The van der Waals surface area contributed by atoms with E-state index in [2.05, 4.69) is 5.32 Å². The van der Waals surface area contributed by atoms with E-state index in [0.29, 0.717) is 22.9 Å². The molecule has 1 aliphatic rings. The lowest BCUT2D eigenvalue weighted by Crippen LogP contribution is -2.41. The van der Waals surface area contributed by atoms with Crippen molar-refractivity contribution in [3.8, 4) is 0 Å². The van der Waals surface area contributed by atoms with Crippen molar-refractivity contribution in [2.75, 3.05) is 0 Å². The molecule has 0 aliphatic heterocycles. The molecular weight excluding hydrogens is 278 g/mol. The zero-order chi connectivity index (χ0) is 14.9. The summed E-state index contributed by atoms with van der Waals surface area (Å²) >= 11 is 6.07. The van der Waals surface area contributed by atoms with E-state index in [4.69, 9.17) is 16.7 Å². The summed E-state index contributed by atoms with van der Waals surface area (Å²) in [5, 5.41) is 12.1. The Morgan fingerprint density at radius 1 is 1.35 bits per heavy atom. The molecule has 4 nitrogen and oxygen atoms in total. The van der Waals surface area contributed by atoms with Gasteiger partial charge in [-0.15, -0.1) is 0 Å². The molecule has 2 rings (SSSR count). The molecule has 1 aliphatic carbocycles. The summed E-state index contributed by atoms with van der Waals surface area (Å²) in [5.74, 6) is -0.997. The first kappa shape index (κ1) is 14.9. The largest absolute Gasteiger partial charge is 0.480 e. The van der Waals surface area contributed by atoms with Crippen molar-refractivity contribution in [2.24, 2.45) is 5.92 Å². The fourth-order valence-corrected chi connectivity index (χ4v) is 2.40. The molecule has 1 atom stereocenters. The van der Waals surface area contributed by atoms with Gasteiger partial charge in [0.05, 0.1) is 10.6 Å². The van der Waals surface area contributed by atoms with Gasteiger partial charge in [-0.2, -0.15) is 0 Å². The number of halogens is 1. The molecule has 0 bridgehead atoms. The van der Waals surface area contributed by atoms with Gasteiger partial charge in [0.2, 0.25) is 0 Å². The second-order valence-corrected chi connectivity index (χ2v) is 5.87. The van der Waals surface area contributed by atoms with E-state index >= 15 is 0 Å². The van der Waals surface area contributed by atoms with Crippen LogP contribution in [0, 0.1) is 19.8 Å². The number of hydrogen-bond acceptors (Lipinski definition) is 2. The predicted molar refractivity (Wildman–Crippen MR) is 77.2 cm³/mol. The summed E-state index contributed by atoms with van der Waals surface area (Å²) in [6, 6.07) is 2.58. The highest BCUT2D eigenvalue weighted by Crippen LogP contribution is 2.33. The number of benzene rings is 1. The molecule has 0 spiro atoms. The molecule has 20 heavy (non-hydrogen) atoms. The fourth-order valence-electron chi connectivity index (χ4n) is 2.10. The number of aliphatic carboxylic acids is 1. The van der Waals surface area contributed by atoms with Crippen LogP contribution in [0.5, 0.6) is 0 Å². The number of carboxylic acids is 1. The van der Waals surface area contributed by atoms with Crippen LogP contribution in [-0.4, -0.2) is 23.0 Å². The minimum Gasteiger partial charge on any atom is -0.480 e. The average Bonchev–Trinajstić information content (AvgIpc) is 3.16. The number of nitrogens with one attached hydrogen (secondary N) is 1. The van der Waals surface area contributed by atoms with Crippen LogP contribution in [0.2, 0.25) is 5.02 Å². The number of hydrogen-bond donors (Lipinski definition) is 2. The second kappa shape index (κ2) is 5.83. The van der Waals surface area contributed by atoms with Crippen LogP contribution in [0.1, 0.15) is 40.7 Å². The Hall–Kier alpha value is -1.55. The zero-order valence-corrected chi connectivity index (χ0v) is 12.3.